The van der Waals surface area contributed by atoms with Crippen LogP contribution in [0.1, 0.15) is 20.3 Å². The zero-order valence-electron chi connectivity index (χ0n) is 8.00. The first-order chi connectivity index (χ1) is 6.10. The summed E-state index contributed by atoms with van der Waals surface area (Å²) in [6.07, 6.45) is 0.549. The molecule has 0 aromatic heterocycles. The molecule has 1 aliphatic rings. The molecule has 0 aliphatic carbocycles. The largest absolute Gasteiger partial charge is 0.378 e. The van der Waals surface area contributed by atoms with Crippen LogP contribution in [0.5, 0.6) is 0 Å². The maximum absolute atomic E-state index is 11.4. The summed E-state index contributed by atoms with van der Waals surface area (Å²) in [7, 11) is 0. The van der Waals surface area contributed by atoms with Gasteiger partial charge in [-0.05, 0) is 13.8 Å². The van der Waals surface area contributed by atoms with Gasteiger partial charge in [0, 0.05) is 6.42 Å². The van der Waals surface area contributed by atoms with Crippen LogP contribution >= 0.6 is 0 Å². The number of hydrogen-bond acceptors (Lipinski definition) is 4. The highest BCUT2D eigenvalue weighted by Gasteiger charge is 2.43. The molecule has 1 fully saturated rings. The summed E-state index contributed by atoms with van der Waals surface area (Å²) >= 11 is 0. The first-order valence-corrected chi connectivity index (χ1v) is 4.37. The molecule has 0 aromatic carbocycles. The Morgan fingerprint density at radius 1 is 1.69 bits per heavy atom. The molecule has 0 saturated carbocycles. The number of nitrogens with one attached hydrogen (secondary N) is 1. The Kier molecular flexibility index (Phi) is 3.24. The normalized spacial score (nSPS) is 28.0. The minimum absolute atomic E-state index is 0.0148. The van der Waals surface area contributed by atoms with Gasteiger partial charge in [-0.15, -0.1) is 0 Å². The van der Waals surface area contributed by atoms with E-state index in [2.05, 4.69) is 5.43 Å². The van der Waals surface area contributed by atoms with E-state index in [1.807, 2.05) is 13.8 Å². The minimum atomic E-state index is -0.872. The van der Waals surface area contributed by atoms with Gasteiger partial charge in [-0.25, -0.2) is 5.84 Å². The van der Waals surface area contributed by atoms with Gasteiger partial charge in [0.1, 0.15) is 0 Å². The first-order valence-electron chi connectivity index (χ1n) is 4.37. The number of hydrogen-bond donors (Lipinski definition) is 2. The van der Waals surface area contributed by atoms with Crippen molar-refractivity contribution in [2.24, 2.45) is 5.84 Å². The van der Waals surface area contributed by atoms with Crippen molar-refractivity contribution < 1.29 is 14.3 Å². The molecular weight excluding hydrogens is 172 g/mol. The molecule has 3 N–H and O–H groups in total. The fraction of sp³-hybridized carbons (Fsp3) is 0.875. The van der Waals surface area contributed by atoms with Crippen LogP contribution in [-0.4, -0.2) is 30.8 Å². The smallest absolute Gasteiger partial charge is 0.268 e. The summed E-state index contributed by atoms with van der Waals surface area (Å²) in [5.41, 5.74) is 1.24. The Labute approximate surface area is 77.5 Å². The van der Waals surface area contributed by atoms with Crippen LogP contribution in [0, 0.1) is 0 Å². The summed E-state index contributed by atoms with van der Waals surface area (Å²) in [6.45, 7) is 4.59. The van der Waals surface area contributed by atoms with E-state index in [1.165, 1.54) is 0 Å². The van der Waals surface area contributed by atoms with Crippen molar-refractivity contribution in [2.45, 2.75) is 32.0 Å². The monoisotopic (exact) mass is 188 g/mol. The van der Waals surface area contributed by atoms with Crippen LogP contribution in [0.15, 0.2) is 0 Å². The van der Waals surface area contributed by atoms with E-state index < -0.39 is 5.60 Å². The average Bonchev–Trinajstić information content (AvgIpc) is 2.51. The first kappa shape index (κ1) is 10.4. The third-order valence-electron chi connectivity index (χ3n) is 1.99. The highest BCUT2D eigenvalue weighted by Crippen LogP contribution is 2.24. The molecule has 0 radical (unpaired) electrons. The molecule has 76 valence electrons. The van der Waals surface area contributed by atoms with Gasteiger partial charge >= 0.3 is 0 Å². The average molecular weight is 188 g/mol. The Bertz CT molecular complexity index is 188. The van der Waals surface area contributed by atoms with Crippen molar-refractivity contribution >= 4 is 5.91 Å². The van der Waals surface area contributed by atoms with Crippen molar-refractivity contribution in [1.29, 1.82) is 0 Å². The molecule has 1 atom stereocenters. The number of nitrogens with two attached hydrogens (primary N) is 1. The van der Waals surface area contributed by atoms with E-state index in [0.717, 1.165) is 0 Å². The van der Waals surface area contributed by atoms with E-state index in [0.29, 0.717) is 13.0 Å². The van der Waals surface area contributed by atoms with E-state index in [9.17, 15) is 4.79 Å². The lowest BCUT2D eigenvalue weighted by molar-refractivity contribution is -0.153. The molecule has 13 heavy (non-hydrogen) atoms. The van der Waals surface area contributed by atoms with E-state index in [4.69, 9.17) is 15.3 Å². The molecular formula is C8H16N2O3. The van der Waals surface area contributed by atoms with Gasteiger partial charge in [0.2, 0.25) is 0 Å². The fourth-order valence-electron chi connectivity index (χ4n) is 1.45. The van der Waals surface area contributed by atoms with Crippen LogP contribution in [-0.2, 0) is 14.3 Å². The Hall–Kier alpha value is -0.650. The number of ether oxygens (including phenoxy) is 2. The van der Waals surface area contributed by atoms with Crippen molar-refractivity contribution in [1.82, 2.24) is 5.43 Å². The van der Waals surface area contributed by atoms with Crippen molar-refractivity contribution in [3.05, 3.63) is 0 Å². The zero-order valence-corrected chi connectivity index (χ0v) is 8.00. The van der Waals surface area contributed by atoms with Crippen molar-refractivity contribution in [3.8, 4) is 0 Å². The molecule has 1 aliphatic heterocycles. The van der Waals surface area contributed by atoms with Crippen LogP contribution in [0.25, 0.3) is 0 Å². The van der Waals surface area contributed by atoms with E-state index in [1.54, 1.807) is 0 Å². The summed E-state index contributed by atoms with van der Waals surface area (Å²) in [5.74, 6) is 4.77. The molecule has 0 aromatic rings. The number of amides is 1. The van der Waals surface area contributed by atoms with Crippen molar-refractivity contribution in [2.75, 3.05) is 13.2 Å². The van der Waals surface area contributed by atoms with Gasteiger partial charge in [-0.3, -0.25) is 10.2 Å². The second-order valence-electron chi connectivity index (χ2n) is 3.44. The standard InChI is InChI=1S/C8H16N2O3/c1-6(2)13-8(7(11)10-9)3-4-12-5-8/h6H,3-5,9H2,1-2H3,(H,10,11)/t8-/m0/s1. The lowest BCUT2D eigenvalue weighted by atomic mass is 10.0. The molecule has 5 nitrogen and oxygen atoms in total. The molecule has 0 bridgehead atoms. The number of hydrazine groups is 1. The molecule has 1 amide bonds. The van der Waals surface area contributed by atoms with Gasteiger partial charge in [-0.1, -0.05) is 0 Å². The lowest BCUT2D eigenvalue weighted by Gasteiger charge is -2.27. The Balaban J connectivity index is 2.68. The maximum atomic E-state index is 11.4. The van der Waals surface area contributed by atoms with Crippen molar-refractivity contribution in [3.63, 3.8) is 0 Å². The van der Waals surface area contributed by atoms with E-state index in [-0.39, 0.29) is 18.6 Å². The molecule has 1 saturated heterocycles. The number of rotatable bonds is 3. The highest BCUT2D eigenvalue weighted by molar-refractivity contribution is 5.85. The minimum Gasteiger partial charge on any atom is -0.378 e. The summed E-state index contributed by atoms with van der Waals surface area (Å²) in [5, 5.41) is 0. The van der Waals surface area contributed by atoms with Crippen LogP contribution in [0.4, 0.5) is 0 Å². The molecule has 1 rings (SSSR count). The summed E-state index contributed by atoms with van der Waals surface area (Å²) < 4.78 is 10.7. The van der Waals surface area contributed by atoms with Crippen LogP contribution in [0.3, 0.4) is 0 Å². The van der Waals surface area contributed by atoms with Gasteiger partial charge in [0.15, 0.2) is 5.60 Å². The third kappa shape index (κ3) is 2.18. The molecule has 0 unspecified atom stereocenters. The predicted molar refractivity (Wildman–Crippen MR) is 46.7 cm³/mol. The maximum Gasteiger partial charge on any atom is 0.268 e. The van der Waals surface area contributed by atoms with Crippen LogP contribution in [0.2, 0.25) is 0 Å². The number of carbonyl (C=O) groups excluding carboxylic acids is 1. The van der Waals surface area contributed by atoms with E-state index >= 15 is 0 Å². The lowest BCUT2D eigenvalue weighted by Crippen LogP contribution is -2.52. The summed E-state index contributed by atoms with van der Waals surface area (Å²) in [4.78, 5) is 11.4. The molecule has 0 spiro atoms. The second kappa shape index (κ2) is 4.04. The third-order valence-corrected chi connectivity index (χ3v) is 1.99. The quantitative estimate of drug-likeness (QED) is 0.358. The second-order valence-corrected chi connectivity index (χ2v) is 3.44. The topological polar surface area (TPSA) is 73.6 Å². The SMILES string of the molecule is CC(C)O[C@@]1(C(=O)NN)CCOC1. The van der Waals surface area contributed by atoms with Gasteiger partial charge < -0.3 is 9.47 Å². The van der Waals surface area contributed by atoms with Gasteiger partial charge in [-0.2, -0.15) is 0 Å². The number of carbonyl (C=O) groups is 1. The molecule has 1 heterocycles. The van der Waals surface area contributed by atoms with Gasteiger partial charge in [0.05, 0.1) is 19.3 Å². The predicted octanol–water partition coefficient (Wildman–Crippen LogP) is -0.440. The van der Waals surface area contributed by atoms with Crippen LogP contribution < -0.4 is 11.3 Å². The Morgan fingerprint density at radius 3 is 2.77 bits per heavy atom. The fourth-order valence-corrected chi connectivity index (χ4v) is 1.45. The Morgan fingerprint density at radius 2 is 2.38 bits per heavy atom. The van der Waals surface area contributed by atoms with Gasteiger partial charge in [0.25, 0.3) is 5.91 Å². The molecule has 5 heteroatoms. The zero-order chi connectivity index (χ0) is 9.90. The highest BCUT2D eigenvalue weighted by atomic mass is 16.6. The summed E-state index contributed by atoms with van der Waals surface area (Å²) in [6, 6.07) is 0.